The van der Waals surface area contributed by atoms with Crippen molar-refractivity contribution in [2.24, 2.45) is 0 Å². The summed E-state index contributed by atoms with van der Waals surface area (Å²) < 4.78 is 0. The molecule has 0 bridgehead atoms. The molecule has 0 rings (SSSR count). The van der Waals surface area contributed by atoms with E-state index in [1.165, 1.54) is 308 Å². The van der Waals surface area contributed by atoms with E-state index in [1.54, 1.807) is 6.08 Å². The van der Waals surface area contributed by atoms with Gasteiger partial charge >= 0.3 is 0 Å². The quantitative estimate of drug-likeness (QED) is 0.0420. The summed E-state index contributed by atoms with van der Waals surface area (Å²) in [5, 5.41) is 23.2. The number of aliphatic hydroxyl groups excluding tert-OH is 2. The first-order valence-corrected chi connectivity index (χ1v) is 33.4. The van der Waals surface area contributed by atoms with Crippen LogP contribution in [-0.4, -0.2) is 34.9 Å². The van der Waals surface area contributed by atoms with Crippen molar-refractivity contribution in [1.82, 2.24) is 5.32 Å². The molecule has 2 unspecified atom stereocenters. The Balaban J connectivity index is 3.49. The van der Waals surface area contributed by atoms with E-state index < -0.39 is 12.1 Å². The molecule has 0 fully saturated rings. The normalized spacial score (nSPS) is 13.0. The molecule has 0 saturated carbocycles. The number of allylic oxidation sites excluding steroid dienone is 7. The first-order valence-electron chi connectivity index (χ1n) is 33.4. The predicted octanol–water partition coefficient (Wildman–Crippen LogP) is 22.5. The number of aliphatic hydroxyl groups is 2. The summed E-state index contributed by atoms with van der Waals surface area (Å²) in [7, 11) is 0. The highest BCUT2D eigenvalue weighted by atomic mass is 16.3. The zero-order chi connectivity index (χ0) is 52.7. The van der Waals surface area contributed by atoms with Crippen molar-refractivity contribution in [2.75, 3.05) is 6.61 Å². The van der Waals surface area contributed by atoms with Crippen LogP contribution >= 0.6 is 0 Å². The van der Waals surface area contributed by atoms with Gasteiger partial charge in [-0.3, -0.25) is 4.79 Å². The van der Waals surface area contributed by atoms with Crippen molar-refractivity contribution in [1.29, 1.82) is 0 Å². The van der Waals surface area contributed by atoms with Gasteiger partial charge in [0.1, 0.15) is 0 Å². The summed E-state index contributed by atoms with van der Waals surface area (Å²) >= 11 is 0. The molecule has 2 atom stereocenters. The minimum absolute atomic E-state index is 0.0720. The van der Waals surface area contributed by atoms with Gasteiger partial charge in [-0.1, -0.05) is 339 Å². The molecule has 0 saturated heterocycles. The number of unbranched alkanes of at least 4 members (excludes halogenated alkanes) is 49. The van der Waals surface area contributed by atoms with Crippen molar-refractivity contribution in [3.8, 4) is 0 Å². The maximum Gasteiger partial charge on any atom is 0.220 e. The molecule has 4 nitrogen and oxygen atoms in total. The average molecular weight is 1020 g/mol. The van der Waals surface area contributed by atoms with Crippen molar-refractivity contribution >= 4 is 5.91 Å². The van der Waals surface area contributed by atoms with Crippen LogP contribution in [0.25, 0.3) is 0 Å². The van der Waals surface area contributed by atoms with E-state index in [9.17, 15) is 15.0 Å². The van der Waals surface area contributed by atoms with Crippen LogP contribution in [0, 0.1) is 0 Å². The molecule has 4 heteroatoms. The second-order valence-corrected chi connectivity index (χ2v) is 22.9. The Bertz CT molecular complexity index is 1160. The van der Waals surface area contributed by atoms with E-state index in [-0.39, 0.29) is 12.5 Å². The van der Waals surface area contributed by atoms with Crippen molar-refractivity contribution in [3.05, 3.63) is 48.6 Å². The van der Waals surface area contributed by atoms with Gasteiger partial charge in [0, 0.05) is 6.42 Å². The van der Waals surface area contributed by atoms with Gasteiger partial charge in [-0.25, -0.2) is 0 Å². The molecule has 0 radical (unpaired) electrons. The lowest BCUT2D eigenvalue weighted by Crippen LogP contribution is -2.45. The topological polar surface area (TPSA) is 69.6 Å². The molecule has 3 N–H and O–H groups in total. The van der Waals surface area contributed by atoms with Crippen LogP contribution in [0.5, 0.6) is 0 Å². The summed E-state index contributed by atoms with van der Waals surface area (Å²) in [5.74, 6) is -0.0720. The standard InChI is InChI=1S/C69H131NO3/c1-3-5-7-9-11-13-15-17-19-21-23-25-27-29-31-33-34-35-37-38-40-42-44-46-48-50-52-54-56-58-60-62-64-68(72)67(66-71)70-69(73)65-63-61-59-57-55-53-51-49-47-45-43-41-39-36-32-30-28-26-24-22-20-18-16-14-12-10-8-6-4-2/h22,24,46,48,54,56,62,64,67-68,71-72H,3-21,23,25-45,47,49-53,55,57-61,63,65-66H2,1-2H3,(H,70,73)/b24-22-,48-46+,56-54+,64-62+. The molecule has 0 aliphatic heterocycles. The highest BCUT2D eigenvalue weighted by molar-refractivity contribution is 5.76. The van der Waals surface area contributed by atoms with Gasteiger partial charge < -0.3 is 15.5 Å². The van der Waals surface area contributed by atoms with Crippen molar-refractivity contribution < 1.29 is 15.0 Å². The predicted molar refractivity (Wildman–Crippen MR) is 327 cm³/mol. The van der Waals surface area contributed by atoms with Gasteiger partial charge in [0.2, 0.25) is 5.91 Å². The number of hydrogen-bond acceptors (Lipinski definition) is 3. The number of carbonyl (C=O) groups excluding carboxylic acids is 1. The maximum absolute atomic E-state index is 12.5. The molecule has 0 aliphatic carbocycles. The monoisotopic (exact) mass is 1020 g/mol. The van der Waals surface area contributed by atoms with E-state index >= 15 is 0 Å². The van der Waals surface area contributed by atoms with Crippen LogP contribution < -0.4 is 5.32 Å². The summed E-state index contributed by atoms with van der Waals surface area (Å²) in [6, 6.07) is -0.647. The molecule has 0 aromatic rings. The van der Waals surface area contributed by atoms with E-state index in [1.807, 2.05) is 6.08 Å². The fourth-order valence-corrected chi connectivity index (χ4v) is 10.4. The smallest absolute Gasteiger partial charge is 0.220 e. The Morgan fingerprint density at radius 1 is 0.315 bits per heavy atom. The zero-order valence-electron chi connectivity index (χ0n) is 49.7. The minimum Gasteiger partial charge on any atom is -0.394 e. The highest BCUT2D eigenvalue weighted by Gasteiger charge is 2.18. The fraction of sp³-hybridized carbons (Fsp3) is 0.870. The Labute approximate surface area is 458 Å². The Hall–Kier alpha value is -1.65. The van der Waals surface area contributed by atoms with Crippen LogP contribution in [0.2, 0.25) is 0 Å². The number of nitrogens with one attached hydrogen (secondary N) is 1. The lowest BCUT2D eigenvalue weighted by Gasteiger charge is -2.19. The van der Waals surface area contributed by atoms with Crippen LogP contribution in [0.4, 0.5) is 0 Å². The molecule has 73 heavy (non-hydrogen) atoms. The third kappa shape index (κ3) is 61.1. The second-order valence-electron chi connectivity index (χ2n) is 22.9. The maximum atomic E-state index is 12.5. The SMILES string of the molecule is CCCCCCCCCC/C=C\CCCCCCCCCCCCCCCCCCCC(=O)NC(CO)C(O)/C=C/CC/C=C/CC/C=C/CCCCCCCCCCCCCCCCCCCCCCCC. The molecule has 0 aromatic carbocycles. The molecule has 0 aromatic heterocycles. The Kier molecular flexibility index (Phi) is 63.2. The number of rotatable bonds is 62. The zero-order valence-corrected chi connectivity index (χ0v) is 49.7. The third-order valence-corrected chi connectivity index (χ3v) is 15.5. The lowest BCUT2D eigenvalue weighted by atomic mass is 10.0. The molecule has 1 amide bonds. The summed E-state index contributed by atoms with van der Waals surface area (Å²) in [5.41, 5.74) is 0. The number of amides is 1. The summed E-state index contributed by atoms with van der Waals surface area (Å²) in [6.07, 6.45) is 90.5. The molecule has 0 aliphatic rings. The Morgan fingerprint density at radius 3 is 0.795 bits per heavy atom. The first kappa shape index (κ1) is 71.3. The molecule has 0 spiro atoms. The molecule has 0 heterocycles. The molecular formula is C69H131NO3. The van der Waals surface area contributed by atoms with Crippen molar-refractivity contribution in [3.63, 3.8) is 0 Å². The van der Waals surface area contributed by atoms with Gasteiger partial charge in [-0.15, -0.1) is 0 Å². The summed E-state index contributed by atoms with van der Waals surface area (Å²) in [4.78, 5) is 12.5. The van der Waals surface area contributed by atoms with E-state index in [0.717, 1.165) is 38.5 Å². The van der Waals surface area contributed by atoms with Crippen LogP contribution in [0.1, 0.15) is 367 Å². The minimum atomic E-state index is -0.872. The van der Waals surface area contributed by atoms with Gasteiger partial charge in [0.15, 0.2) is 0 Å². The van der Waals surface area contributed by atoms with E-state index in [2.05, 4.69) is 55.6 Å². The molecular weight excluding hydrogens is 891 g/mol. The fourth-order valence-electron chi connectivity index (χ4n) is 10.4. The average Bonchev–Trinajstić information content (AvgIpc) is 3.40. The van der Waals surface area contributed by atoms with Crippen LogP contribution in [-0.2, 0) is 4.79 Å². The van der Waals surface area contributed by atoms with Gasteiger partial charge in [0.25, 0.3) is 0 Å². The first-order chi connectivity index (χ1) is 36.2. The van der Waals surface area contributed by atoms with Gasteiger partial charge in [-0.2, -0.15) is 0 Å². The largest absolute Gasteiger partial charge is 0.394 e. The van der Waals surface area contributed by atoms with E-state index in [4.69, 9.17) is 0 Å². The number of carbonyl (C=O) groups is 1. The van der Waals surface area contributed by atoms with Crippen LogP contribution in [0.3, 0.4) is 0 Å². The van der Waals surface area contributed by atoms with Crippen molar-refractivity contribution in [2.45, 2.75) is 379 Å². The lowest BCUT2D eigenvalue weighted by molar-refractivity contribution is -0.123. The van der Waals surface area contributed by atoms with Gasteiger partial charge in [-0.05, 0) is 70.6 Å². The number of hydrogen-bond donors (Lipinski definition) is 3. The molecule has 430 valence electrons. The second kappa shape index (κ2) is 64.6. The Morgan fingerprint density at radius 2 is 0.534 bits per heavy atom. The van der Waals surface area contributed by atoms with Gasteiger partial charge in [0.05, 0.1) is 18.8 Å². The van der Waals surface area contributed by atoms with Crippen LogP contribution in [0.15, 0.2) is 48.6 Å². The highest BCUT2D eigenvalue weighted by Crippen LogP contribution is 2.18. The third-order valence-electron chi connectivity index (χ3n) is 15.5. The van der Waals surface area contributed by atoms with E-state index in [0.29, 0.717) is 6.42 Å². The summed E-state index contributed by atoms with van der Waals surface area (Å²) in [6.45, 7) is 4.33.